The summed E-state index contributed by atoms with van der Waals surface area (Å²) in [5, 5.41) is 5.31. The molecule has 0 spiro atoms. The molecule has 84 valence electrons. The van der Waals surface area contributed by atoms with E-state index in [-0.39, 0.29) is 18.2 Å². The summed E-state index contributed by atoms with van der Waals surface area (Å²) in [5.74, 6) is -0.461. The highest BCUT2D eigenvalue weighted by atomic mass is 16.2. The standard InChI is InChI=1S/C12H14N2O2/c1-2-8-3-5-9(6-4-8)13-10-7-11(15)14-12(10)16/h3-6,10,13H,2,7H2,1H3,(H,14,15,16). The third-order valence-electron chi connectivity index (χ3n) is 2.67. The number of anilines is 1. The molecule has 2 amide bonds. The molecule has 0 aliphatic carbocycles. The quantitative estimate of drug-likeness (QED) is 0.746. The van der Waals surface area contributed by atoms with Crippen molar-refractivity contribution >= 4 is 17.5 Å². The Morgan fingerprint density at radius 3 is 2.50 bits per heavy atom. The molecule has 1 heterocycles. The lowest BCUT2D eigenvalue weighted by molar-refractivity contribution is -0.124. The zero-order chi connectivity index (χ0) is 11.5. The molecule has 1 aliphatic heterocycles. The molecule has 0 radical (unpaired) electrons. The Kier molecular flexibility index (Phi) is 2.90. The first-order valence-corrected chi connectivity index (χ1v) is 5.38. The number of aryl methyl sites for hydroxylation is 1. The number of benzene rings is 1. The highest BCUT2D eigenvalue weighted by Gasteiger charge is 2.30. The topological polar surface area (TPSA) is 58.2 Å². The van der Waals surface area contributed by atoms with Crippen LogP contribution in [0.2, 0.25) is 0 Å². The number of amides is 2. The lowest BCUT2D eigenvalue weighted by Gasteiger charge is -2.10. The molecule has 0 saturated carbocycles. The third-order valence-corrected chi connectivity index (χ3v) is 2.67. The van der Waals surface area contributed by atoms with Gasteiger partial charge in [-0.2, -0.15) is 0 Å². The Bertz CT molecular complexity index is 412. The van der Waals surface area contributed by atoms with Crippen molar-refractivity contribution < 1.29 is 9.59 Å². The van der Waals surface area contributed by atoms with E-state index >= 15 is 0 Å². The summed E-state index contributed by atoms with van der Waals surface area (Å²) in [6, 6.07) is 7.44. The third kappa shape index (κ3) is 2.21. The van der Waals surface area contributed by atoms with Gasteiger partial charge in [-0.05, 0) is 24.1 Å². The van der Waals surface area contributed by atoms with Gasteiger partial charge in [-0.15, -0.1) is 0 Å². The normalized spacial score (nSPS) is 19.7. The Morgan fingerprint density at radius 2 is 2.00 bits per heavy atom. The van der Waals surface area contributed by atoms with E-state index in [0.29, 0.717) is 0 Å². The average molecular weight is 218 g/mol. The van der Waals surface area contributed by atoms with Crippen LogP contribution in [0.3, 0.4) is 0 Å². The minimum atomic E-state index is -0.431. The van der Waals surface area contributed by atoms with Gasteiger partial charge in [0.2, 0.25) is 11.8 Å². The van der Waals surface area contributed by atoms with E-state index in [0.717, 1.165) is 12.1 Å². The van der Waals surface area contributed by atoms with Crippen molar-refractivity contribution in [2.45, 2.75) is 25.8 Å². The van der Waals surface area contributed by atoms with Crippen molar-refractivity contribution in [2.75, 3.05) is 5.32 Å². The summed E-state index contributed by atoms with van der Waals surface area (Å²) < 4.78 is 0. The van der Waals surface area contributed by atoms with Crippen LogP contribution >= 0.6 is 0 Å². The summed E-state index contributed by atoms with van der Waals surface area (Å²) in [4.78, 5) is 22.3. The van der Waals surface area contributed by atoms with E-state index in [2.05, 4.69) is 17.6 Å². The first-order valence-electron chi connectivity index (χ1n) is 5.38. The molecule has 1 aliphatic rings. The van der Waals surface area contributed by atoms with Crippen LogP contribution in [0.4, 0.5) is 5.69 Å². The van der Waals surface area contributed by atoms with Crippen LogP contribution < -0.4 is 10.6 Å². The van der Waals surface area contributed by atoms with Crippen molar-refractivity contribution in [2.24, 2.45) is 0 Å². The van der Waals surface area contributed by atoms with Gasteiger partial charge in [0.15, 0.2) is 0 Å². The first kappa shape index (κ1) is 10.7. The molecule has 1 aromatic carbocycles. The number of carbonyl (C=O) groups is 2. The van der Waals surface area contributed by atoms with Crippen molar-refractivity contribution in [3.8, 4) is 0 Å². The van der Waals surface area contributed by atoms with Crippen LogP contribution in [-0.4, -0.2) is 17.9 Å². The number of hydrogen-bond donors (Lipinski definition) is 2. The molecule has 1 fully saturated rings. The molecule has 0 bridgehead atoms. The van der Waals surface area contributed by atoms with Crippen LogP contribution in [0, 0.1) is 0 Å². The van der Waals surface area contributed by atoms with E-state index in [4.69, 9.17) is 0 Å². The Morgan fingerprint density at radius 1 is 1.31 bits per heavy atom. The summed E-state index contributed by atoms with van der Waals surface area (Å²) in [6.45, 7) is 2.09. The maximum Gasteiger partial charge on any atom is 0.249 e. The monoisotopic (exact) mass is 218 g/mol. The van der Waals surface area contributed by atoms with E-state index in [1.54, 1.807) is 0 Å². The Labute approximate surface area is 94.0 Å². The van der Waals surface area contributed by atoms with Crippen LogP contribution in [0.15, 0.2) is 24.3 Å². The summed E-state index contributed by atoms with van der Waals surface area (Å²) in [6.07, 6.45) is 1.21. The van der Waals surface area contributed by atoms with Crippen LogP contribution in [0.25, 0.3) is 0 Å². The predicted molar refractivity (Wildman–Crippen MR) is 61.0 cm³/mol. The molecule has 1 unspecified atom stereocenters. The lowest BCUT2D eigenvalue weighted by Crippen LogP contribution is -2.29. The number of hydrogen-bond acceptors (Lipinski definition) is 3. The molecule has 4 heteroatoms. The second kappa shape index (κ2) is 4.35. The van der Waals surface area contributed by atoms with Crippen molar-refractivity contribution in [1.29, 1.82) is 0 Å². The predicted octanol–water partition coefficient (Wildman–Crippen LogP) is 1.08. The SMILES string of the molecule is CCc1ccc(NC2CC(=O)NC2=O)cc1. The largest absolute Gasteiger partial charge is 0.373 e. The Hall–Kier alpha value is -1.84. The van der Waals surface area contributed by atoms with Gasteiger partial charge in [0, 0.05) is 5.69 Å². The zero-order valence-corrected chi connectivity index (χ0v) is 9.12. The molecule has 16 heavy (non-hydrogen) atoms. The smallest absolute Gasteiger partial charge is 0.249 e. The van der Waals surface area contributed by atoms with E-state index in [1.165, 1.54) is 5.56 Å². The lowest BCUT2D eigenvalue weighted by atomic mass is 10.1. The number of carbonyl (C=O) groups excluding carboxylic acids is 2. The number of nitrogens with one attached hydrogen (secondary N) is 2. The zero-order valence-electron chi connectivity index (χ0n) is 9.12. The molecule has 4 nitrogen and oxygen atoms in total. The first-order chi connectivity index (χ1) is 7.69. The Balaban J connectivity index is 2.03. The molecule has 1 atom stereocenters. The van der Waals surface area contributed by atoms with Gasteiger partial charge in [-0.25, -0.2) is 0 Å². The van der Waals surface area contributed by atoms with Crippen LogP contribution in [-0.2, 0) is 16.0 Å². The summed E-state index contributed by atoms with van der Waals surface area (Å²) in [5.41, 5.74) is 2.12. The maximum atomic E-state index is 11.3. The van der Waals surface area contributed by atoms with Crippen molar-refractivity contribution in [1.82, 2.24) is 5.32 Å². The second-order valence-corrected chi connectivity index (χ2v) is 3.86. The van der Waals surface area contributed by atoms with Gasteiger partial charge in [0.25, 0.3) is 0 Å². The molecular weight excluding hydrogens is 204 g/mol. The van der Waals surface area contributed by atoms with Gasteiger partial charge in [-0.1, -0.05) is 19.1 Å². The average Bonchev–Trinajstić information content (AvgIpc) is 2.59. The van der Waals surface area contributed by atoms with E-state index in [1.807, 2.05) is 24.3 Å². The molecule has 1 saturated heterocycles. The highest BCUT2D eigenvalue weighted by molar-refractivity contribution is 6.06. The molecular formula is C12H14N2O2. The number of imide groups is 1. The molecule has 0 aromatic heterocycles. The molecule has 2 N–H and O–H groups in total. The minimum Gasteiger partial charge on any atom is -0.373 e. The van der Waals surface area contributed by atoms with Crippen LogP contribution in [0.5, 0.6) is 0 Å². The minimum absolute atomic E-state index is 0.215. The number of rotatable bonds is 3. The van der Waals surface area contributed by atoms with E-state index < -0.39 is 6.04 Å². The maximum absolute atomic E-state index is 11.3. The van der Waals surface area contributed by atoms with E-state index in [9.17, 15) is 9.59 Å². The van der Waals surface area contributed by atoms with Gasteiger partial charge in [0.1, 0.15) is 6.04 Å². The molecule has 1 aromatic rings. The van der Waals surface area contributed by atoms with Gasteiger partial charge >= 0.3 is 0 Å². The van der Waals surface area contributed by atoms with Crippen LogP contribution in [0.1, 0.15) is 18.9 Å². The fourth-order valence-electron chi connectivity index (χ4n) is 1.71. The fraction of sp³-hybridized carbons (Fsp3) is 0.333. The second-order valence-electron chi connectivity index (χ2n) is 3.86. The molecule has 2 rings (SSSR count). The van der Waals surface area contributed by atoms with Gasteiger partial charge < -0.3 is 5.32 Å². The highest BCUT2D eigenvalue weighted by Crippen LogP contribution is 2.14. The fourth-order valence-corrected chi connectivity index (χ4v) is 1.71. The van der Waals surface area contributed by atoms with Gasteiger partial charge in [-0.3, -0.25) is 14.9 Å². The van der Waals surface area contributed by atoms with Crippen molar-refractivity contribution in [3.05, 3.63) is 29.8 Å². The van der Waals surface area contributed by atoms with Gasteiger partial charge in [0.05, 0.1) is 6.42 Å². The van der Waals surface area contributed by atoms with Crippen molar-refractivity contribution in [3.63, 3.8) is 0 Å². The summed E-state index contributed by atoms with van der Waals surface area (Å²) >= 11 is 0. The summed E-state index contributed by atoms with van der Waals surface area (Å²) in [7, 11) is 0.